The summed E-state index contributed by atoms with van der Waals surface area (Å²) in [4.78, 5) is 11.6. The molecule has 0 saturated carbocycles. The average molecular weight is 435 g/mol. The van der Waals surface area contributed by atoms with Crippen molar-refractivity contribution in [1.82, 2.24) is 0 Å². The topological polar surface area (TPSA) is 54.5 Å². The molecular weight excluding hydrogens is 417 g/mol. The normalized spacial score (nSPS) is 12.9. The molecule has 0 saturated heterocycles. The van der Waals surface area contributed by atoms with E-state index in [0.29, 0.717) is 5.69 Å². The van der Waals surface area contributed by atoms with Crippen LogP contribution in [-0.2, 0) is 14.8 Å². The number of sulfonamides is 1. The number of benzene rings is 2. The van der Waals surface area contributed by atoms with E-state index in [0.717, 1.165) is 9.87 Å². The molecule has 0 bridgehead atoms. The molecule has 0 spiro atoms. The SMILES string of the molecule is CC(C)c1ccc(N(C(C)C(=O)Cl)S(=O)(=O)c2cc(Cl)ccc2Cl)cc1. The van der Waals surface area contributed by atoms with Crippen LogP contribution in [0, 0.1) is 0 Å². The quantitative estimate of drug-likeness (QED) is 0.567. The van der Waals surface area contributed by atoms with Gasteiger partial charge in [-0.15, -0.1) is 0 Å². The van der Waals surface area contributed by atoms with Crippen molar-refractivity contribution in [3.8, 4) is 0 Å². The Labute approximate surface area is 168 Å². The standard InChI is InChI=1S/C18H18Cl3NO3S/c1-11(2)13-4-7-15(8-5-13)22(12(3)18(21)23)26(24,25)17-10-14(19)6-9-16(17)20/h4-12H,1-3H3. The summed E-state index contributed by atoms with van der Waals surface area (Å²) in [5.41, 5.74) is 1.35. The van der Waals surface area contributed by atoms with Crippen molar-refractivity contribution in [3.63, 3.8) is 0 Å². The van der Waals surface area contributed by atoms with E-state index in [9.17, 15) is 13.2 Å². The summed E-state index contributed by atoms with van der Waals surface area (Å²) in [7, 11) is -4.17. The first-order valence-electron chi connectivity index (χ1n) is 7.84. The predicted octanol–water partition coefficient (Wildman–Crippen LogP) is 5.47. The van der Waals surface area contributed by atoms with Crippen molar-refractivity contribution in [3.05, 3.63) is 58.1 Å². The Balaban J connectivity index is 2.64. The minimum atomic E-state index is -4.17. The van der Waals surface area contributed by atoms with Crippen molar-refractivity contribution in [2.45, 2.75) is 37.6 Å². The summed E-state index contributed by atoms with van der Waals surface area (Å²) < 4.78 is 27.4. The molecule has 1 atom stereocenters. The smallest absolute Gasteiger partial charge is 0.266 e. The van der Waals surface area contributed by atoms with E-state index in [2.05, 4.69) is 0 Å². The Kier molecular flexibility index (Phi) is 6.61. The van der Waals surface area contributed by atoms with Crippen LogP contribution in [0.3, 0.4) is 0 Å². The van der Waals surface area contributed by atoms with Gasteiger partial charge in [0.2, 0.25) is 5.24 Å². The zero-order chi connectivity index (χ0) is 19.6. The van der Waals surface area contributed by atoms with Gasteiger partial charge in [0.1, 0.15) is 10.9 Å². The van der Waals surface area contributed by atoms with Crippen molar-refractivity contribution in [1.29, 1.82) is 0 Å². The highest BCUT2D eigenvalue weighted by Gasteiger charge is 2.34. The Morgan fingerprint density at radius 3 is 2.08 bits per heavy atom. The number of nitrogens with zero attached hydrogens (tertiary/aromatic N) is 1. The van der Waals surface area contributed by atoms with Gasteiger partial charge in [-0.3, -0.25) is 9.10 Å². The number of rotatable bonds is 6. The molecule has 0 aromatic heterocycles. The molecule has 4 nitrogen and oxygen atoms in total. The molecule has 26 heavy (non-hydrogen) atoms. The second kappa shape index (κ2) is 8.17. The summed E-state index contributed by atoms with van der Waals surface area (Å²) in [6.07, 6.45) is 0. The molecule has 0 aliphatic heterocycles. The summed E-state index contributed by atoms with van der Waals surface area (Å²) in [6, 6.07) is 9.91. The third-order valence-electron chi connectivity index (χ3n) is 3.92. The van der Waals surface area contributed by atoms with Crippen LogP contribution in [0.5, 0.6) is 0 Å². The van der Waals surface area contributed by atoms with Gasteiger partial charge >= 0.3 is 0 Å². The van der Waals surface area contributed by atoms with Gasteiger partial charge in [0, 0.05) is 5.02 Å². The molecule has 140 valence electrons. The van der Waals surface area contributed by atoms with Crippen molar-refractivity contribution in [2.24, 2.45) is 0 Å². The highest BCUT2D eigenvalue weighted by Crippen LogP contribution is 2.33. The number of carbonyl (C=O) groups is 1. The summed E-state index contributed by atoms with van der Waals surface area (Å²) in [6.45, 7) is 5.47. The second-order valence-electron chi connectivity index (χ2n) is 6.10. The number of hydrogen-bond acceptors (Lipinski definition) is 3. The van der Waals surface area contributed by atoms with Crippen LogP contribution in [0.25, 0.3) is 0 Å². The maximum atomic E-state index is 13.2. The minimum absolute atomic E-state index is 0.00687. The van der Waals surface area contributed by atoms with Gasteiger partial charge in [0.25, 0.3) is 10.0 Å². The predicted molar refractivity (Wildman–Crippen MR) is 107 cm³/mol. The largest absolute Gasteiger partial charge is 0.279 e. The van der Waals surface area contributed by atoms with Gasteiger partial charge in [-0.2, -0.15) is 0 Å². The summed E-state index contributed by atoms with van der Waals surface area (Å²) in [5, 5.41) is -0.583. The van der Waals surface area contributed by atoms with E-state index in [-0.39, 0.29) is 20.9 Å². The molecule has 2 rings (SSSR count). The Bertz CT molecular complexity index is 912. The van der Waals surface area contributed by atoms with Gasteiger partial charge in [0.05, 0.1) is 10.7 Å². The molecule has 2 aromatic rings. The van der Waals surface area contributed by atoms with Gasteiger partial charge in [0.15, 0.2) is 0 Å². The molecule has 2 aromatic carbocycles. The third kappa shape index (κ3) is 4.34. The molecule has 0 aliphatic carbocycles. The molecule has 0 fully saturated rings. The molecule has 0 amide bonds. The first-order chi connectivity index (χ1) is 12.1. The van der Waals surface area contributed by atoms with Crippen LogP contribution >= 0.6 is 34.8 Å². The second-order valence-corrected chi connectivity index (χ2v) is 9.10. The van der Waals surface area contributed by atoms with Crippen LogP contribution in [0.1, 0.15) is 32.3 Å². The lowest BCUT2D eigenvalue weighted by Gasteiger charge is -2.29. The fraction of sp³-hybridized carbons (Fsp3) is 0.278. The van der Waals surface area contributed by atoms with E-state index in [1.54, 1.807) is 12.1 Å². The Hall–Kier alpha value is -1.27. The minimum Gasteiger partial charge on any atom is -0.279 e. The number of halogens is 3. The molecule has 0 radical (unpaired) electrons. The third-order valence-corrected chi connectivity index (χ3v) is 6.86. The van der Waals surface area contributed by atoms with Gasteiger partial charge < -0.3 is 0 Å². The van der Waals surface area contributed by atoms with Gasteiger partial charge in [-0.1, -0.05) is 49.2 Å². The number of anilines is 1. The zero-order valence-electron chi connectivity index (χ0n) is 14.4. The van der Waals surface area contributed by atoms with Crippen LogP contribution in [0.15, 0.2) is 47.4 Å². The lowest BCUT2D eigenvalue weighted by molar-refractivity contribution is -0.112. The molecule has 0 N–H and O–H groups in total. The van der Waals surface area contributed by atoms with E-state index < -0.39 is 21.3 Å². The highest BCUT2D eigenvalue weighted by molar-refractivity contribution is 7.93. The van der Waals surface area contributed by atoms with Gasteiger partial charge in [-0.05, 0) is 60.3 Å². The van der Waals surface area contributed by atoms with Crippen LogP contribution in [-0.4, -0.2) is 19.7 Å². The highest BCUT2D eigenvalue weighted by atomic mass is 35.5. The van der Waals surface area contributed by atoms with Crippen molar-refractivity contribution in [2.75, 3.05) is 4.31 Å². The van der Waals surface area contributed by atoms with E-state index in [1.165, 1.54) is 25.1 Å². The summed E-state index contributed by atoms with van der Waals surface area (Å²) in [5.74, 6) is 0.281. The molecule has 8 heteroatoms. The lowest BCUT2D eigenvalue weighted by atomic mass is 10.0. The molecule has 0 aliphatic rings. The van der Waals surface area contributed by atoms with Gasteiger partial charge in [-0.25, -0.2) is 8.42 Å². The molecule has 0 heterocycles. The van der Waals surface area contributed by atoms with Crippen LogP contribution in [0.2, 0.25) is 10.0 Å². The Morgan fingerprint density at radius 2 is 1.58 bits per heavy atom. The first kappa shape index (κ1) is 21.0. The van der Waals surface area contributed by atoms with Crippen molar-refractivity contribution < 1.29 is 13.2 Å². The first-order valence-corrected chi connectivity index (χ1v) is 10.4. The fourth-order valence-electron chi connectivity index (χ4n) is 2.45. The monoisotopic (exact) mass is 433 g/mol. The zero-order valence-corrected chi connectivity index (χ0v) is 17.5. The van der Waals surface area contributed by atoms with Crippen LogP contribution < -0.4 is 4.31 Å². The van der Waals surface area contributed by atoms with E-state index in [4.69, 9.17) is 34.8 Å². The fourth-order valence-corrected chi connectivity index (χ4v) is 4.97. The molecular formula is C18H18Cl3NO3S. The number of carbonyl (C=O) groups excluding carboxylic acids is 1. The maximum Gasteiger partial charge on any atom is 0.266 e. The van der Waals surface area contributed by atoms with E-state index in [1.807, 2.05) is 26.0 Å². The summed E-state index contributed by atoms with van der Waals surface area (Å²) >= 11 is 17.6. The maximum absolute atomic E-state index is 13.2. The Morgan fingerprint density at radius 1 is 1.00 bits per heavy atom. The molecule has 1 unspecified atom stereocenters. The number of hydrogen-bond donors (Lipinski definition) is 0. The average Bonchev–Trinajstić information content (AvgIpc) is 2.57. The van der Waals surface area contributed by atoms with E-state index >= 15 is 0 Å². The van der Waals surface area contributed by atoms with Crippen molar-refractivity contribution >= 4 is 55.8 Å². The lowest BCUT2D eigenvalue weighted by Crippen LogP contribution is -2.42. The van der Waals surface area contributed by atoms with Crippen LogP contribution in [0.4, 0.5) is 5.69 Å².